The Morgan fingerprint density at radius 1 is 1.00 bits per heavy atom. The summed E-state index contributed by atoms with van der Waals surface area (Å²) in [7, 11) is 0. The first-order chi connectivity index (χ1) is 13.6. The van der Waals surface area contributed by atoms with Gasteiger partial charge in [-0.15, -0.1) is 0 Å². The molecule has 4 rings (SSSR count). The van der Waals surface area contributed by atoms with Crippen molar-refractivity contribution >= 4 is 11.7 Å². The van der Waals surface area contributed by atoms with Gasteiger partial charge in [0.2, 0.25) is 0 Å². The molecule has 28 heavy (non-hydrogen) atoms. The molecule has 6 heteroatoms. The van der Waals surface area contributed by atoms with Crippen molar-refractivity contribution in [3.05, 3.63) is 88.7 Å². The van der Waals surface area contributed by atoms with Gasteiger partial charge in [0.1, 0.15) is 0 Å². The molecule has 2 heterocycles. The molecule has 0 bridgehead atoms. The van der Waals surface area contributed by atoms with Crippen LogP contribution in [-0.2, 0) is 19.5 Å². The van der Waals surface area contributed by atoms with Crippen molar-refractivity contribution in [1.29, 1.82) is 0 Å². The zero-order valence-corrected chi connectivity index (χ0v) is 15.8. The van der Waals surface area contributed by atoms with Gasteiger partial charge < -0.3 is 0 Å². The summed E-state index contributed by atoms with van der Waals surface area (Å²) in [5, 5.41) is 4.30. The minimum Gasteiger partial charge on any atom is -0.294 e. The predicted molar refractivity (Wildman–Crippen MR) is 107 cm³/mol. The number of rotatable bonds is 6. The normalized spacial score (nSPS) is 13.3. The lowest BCUT2D eigenvalue weighted by Crippen LogP contribution is -2.28. The highest BCUT2D eigenvalue weighted by Gasteiger charge is 2.25. The van der Waals surface area contributed by atoms with Crippen LogP contribution in [0.5, 0.6) is 0 Å². The molecule has 142 valence electrons. The first-order valence-electron chi connectivity index (χ1n) is 9.35. The van der Waals surface area contributed by atoms with Gasteiger partial charge in [0.15, 0.2) is 5.78 Å². The molecule has 0 unspecified atom stereocenters. The van der Waals surface area contributed by atoms with Gasteiger partial charge in [-0.25, -0.2) is 5.43 Å². The van der Waals surface area contributed by atoms with Gasteiger partial charge in [0, 0.05) is 30.8 Å². The Bertz CT molecular complexity index is 1010. The second-order valence-corrected chi connectivity index (χ2v) is 7.02. The molecule has 0 spiro atoms. The number of carbonyl (C=O) groups is 2. The van der Waals surface area contributed by atoms with E-state index >= 15 is 0 Å². The summed E-state index contributed by atoms with van der Waals surface area (Å²) in [4.78, 5) is 28.4. The first-order valence-corrected chi connectivity index (χ1v) is 9.35. The third-order valence-electron chi connectivity index (χ3n) is 5.04. The summed E-state index contributed by atoms with van der Waals surface area (Å²) in [5.41, 5.74) is 7.01. The number of fused-ring (bicyclic) bond motifs is 1. The van der Waals surface area contributed by atoms with E-state index in [1.54, 1.807) is 30.5 Å². The number of nitrogens with zero attached hydrogens (tertiary/aromatic N) is 3. The summed E-state index contributed by atoms with van der Waals surface area (Å²) in [6.45, 7) is 3.96. The number of aromatic nitrogens is 2. The Morgan fingerprint density at radius 3 is 2.46 bits per heavy atom. The molecule has 3 aromatic rings. The minimum atomic E-state index is -0.334. The van der Waals surface area contributed by atoms with Crippen LogP contribution >= 0.6 is 0 Å². The number of Topliss-reactive ketones (excluding diaryl/α,β-unsaturated/α-hetero) is 1. The van der Waals surface area contributed by atoms with Crippen LogP contribution < -0.4 is 5.43 Å². The largest absolute Gasteiger partial charge is 0.294 e. The van der Waals surface area contributed by atoms with Gasteiger partial charge in [-0.2, -0.15) is 9.89 Å². The van der Waals surface area contributed by atoms with Crippen LogP contribution in [0.15, 0.2) is 60.8 Å². The van der Waals surface area contributed by atoms with Gasteiger partial charge in [0.25, 0.3) is 5.91 Å². The van der Waals surface area contributed by atoms with E-state index < -0.39 is 0 Å². The molecule has 0 radical (unpaired) electrons. The maximum Gasteiger partial charge on any atom is 0.272 e. The standard InChI is InChI=1S/C22H22N4O2/c1-16(27)19-9-5-6-10-20(19)22(28)24-26-21-15-25(14-18(21)13-23-26)12-11-17-7-3-2-4-8-17/h2-10,13H,11-12,14-15H2,1H3,(H,24,28). The Kier molecular flexibility index (Phi) is 5.04. The van der Waals surface area contributed by atoms with Gasteiger partial charge in [0.05, 0.1) is 17.5 Å². The molecule has 1 N–H and O–H groups in total. The second-order valence-electron chi connectivity index (χ2n) is 7.02. The molecule has 0 atom stereocenters. The van der Waals surface area contributed by atoms with Crippen LogP contribution in [0.1, 0.15) is 44.5 Å². The summed E-state index contributed by atoms with van der Waals surface area (Å²) in [6, 6.07) is 17.2. The van der Waals surface area contributed by atoms with E-state index in [9.17, 15) is 9.59 Å². The molecule has 0 saturated heterocycles. The van der Waals surface area contributed by atoms with Crippen LogP contribution in [0.25, 0.3) is 0 Å². The molecule has 0 aliphatic carbocycles. The maximum atomic E-state index is 12.7. The summed E-state index contributed by atoms with van der Waals surface area (Å²) < 4.78 is 0. The van der Waals surface area contributed by atoms with Crippen molar-refractivity contribution in [3.63, 3.8) is 0 Å². The van der Waals surface area contributed by atoms with E-state index in [2.05, 4.69) is 39.7 Å². The van der Waals surface area contributed by atoms with Crippen molar-refractivity contribution in [2.75, 3.05) is 12.0 Å². The molecule has 0 fully saturated rings. The summed E-state index contributed by atoms with van der Waals surface area (Å²) in [5.74, 6) is -0.469. The molecule has 2 aromatic carbocycles. The monoisotopic (exact) mass is 374 g/mol. The summed E-state index contributed by atoms with van der Waals surface area (Å²) >= 11 is 0. The van der Waals surface area contributed by atoms with Crippen molar-refractivity contribution in [3.8, 4) is 0 Å². The highest BCUT2D eigenvalue weighted by Crippen LogP contribution is 2.22. The molecular weight excluding hydrogens is 352 g/mol. The molecular formula is C22H22N4O2. The lowest BCUT2D eigenvalue weighted by molar-refractivity contribution is 0.0976. The molecule has 1 aromatic heterocycles. The van der Waals surface area contributed by atoms with E-state index in [1.165, 1.54) is 17.3 Å². The van der Waals surface area contributed by atoms with Gasteiger partial charge >= 0.3 is 0 Å². The fourth-order valence-electron chi connectivity index (χ4n) is 3.55. The Balaban J connectivity index is 1.43. The zero-order chi connectivity index (χ0) is 19.5. The Labute approximate surface area is 163 Å². The topological polar surface area (TPSA) is 67.2 Å². The highest BCUT2D eigenvalue weighted by molar-refractivity contribution is 6.09. The van der Waals surface area contributed by atoms with E-state index in [1.807, 2.05) is 6.07 Å². The Hall–Kier alpha value is -3.25. The average molecular weight is 374 g/mol. The minimum absolute atomic E-state index is 0.136. The lowest BCUT2D eigenvalue weighted by atomic mass is 10.0. The van der Waals surface area contributed by atoms with Crippen LogP contribution in [0.4, 0.5) is 0 Å². The van der Waals surface area contributed by atoms with Crippen molar-refractivity contribution in [1.82, 2.24) is 14.8 Å². The van der Waals surface area contributed by atoms with E-state index in [0.717, 1.165) is 37.3 Å². The van der Waals surface area contributed by atoms with Crippen LogP contribution in [-0.4, -0.2) is 33.0 Å². The first kappa shape index (κ1) is 18.1. The number of nitrogens with one attached hydrogen (secondary N) is 1. The van der Waals surface area contributed by atoms with Crippen molar-refractivity contribution in [2.45, 2.75) is 26.4 Å². The van der Waals surface area contributed by atoms with Crippen LogP contribution in [0.2, 0.25) is 0 Å². The van der Waals surface area contributed by atoms with E-state index in [-0.39, 0.29) is 11.7 Å². The molecule has 6 nitrogen and oxygen atoms in total. The fourth-order valence-corrected chi connectivity index (χ4v) is 3.55. The van der Waals surface area contributed by atoms with Gasteiger partial charge in [-0.3, -0.25) is 14.5 Å². The quantitative estimate of drug-likeness (QED) is 0.674. The predicted octanol–water partition coefficient (Wildman–Crippen LogP) is 3.03. The molecule has 1 aliphatic heterocycles. The third-order valence-corrected chi connectivity index (χ3v) is 5.04. The molecule has 1 amide bonds. The fraction of sp³-hybridized carbons (Fsp3) is 0.227. The molecule has 0 saturated carbocycles. The Morgan fingerprint density at radius 2 is 1.71 bits per heavy atom. The summed E-state index contributed by atoms with van der Waals surface area (Å²) in [6.07, 6.45) is 2.78. The van der Waals surface area contributed by atoms with Crippen LogP contribution in [0.3, 0.4) is 0 Å². The number of hydrogen-bond acceptors (Lipinski definition) is 4. The third kappa shape index (κ3) is 3.73. The average Bonchev–Trinajstić information content (AvgIpc) is 3.28. The van der Waals surface area contributed by atoms with Crippen LogP contribution in [0, 0.1) is 0 Å². The number of amides is 1. The van der Waals surface area contributed by atoms with E-state index in [0.29, 0.717) is 11.1 Å². The second kappa shape index (κ2) is 7.78. The smallest absolute Gasteiger partial charge is 0.272 e. The maximum absolute atomic E-state index is 12.7. The van der Waals surface area contributed by atoms with Gasteiger partial charge in [-0.05, 0) is 25.0 Å². The number of carbonyl (C=O) groups excluding carboxylic acids is 2. The SMILES string of the molecule is CC(=O)c1ccccc1C(=O)Nn1ncc2c1CN(CCc1ccccc1)C2. The lowest BCUT2D eigenvalue weighted by Gasteiger charge is -2.16. The number of benzene rings is 2. The van der Waals surface area contributed by atoms with Crippen molar-refractivity contribution < 1.29 is 9.59 Å². The number of hydrogen-bond donors (Lipinski definition) is 1. The highest BCUT2D eigenvalue weighted by atomic mass is 16.2. The van der Waals surface area contributed by atoms with Gasteiger partial charge in [-0.1, -0.05) is 48.5 Å². The van der Waals surface area contributed by atoms with Crippen molar-refractivity contribution in [2.24, 2.45) is 0 Å². The molecule has 1 aliphatic rings. The van der Waals surface area contributed by atoms with E-state index in [4.69, 9.17) is 0 Å². The zero-order valence-electron chi connectivity index (χ0n) is 15.8. The number of ketones is 1.